The van der Waals surface area contributed by atoms with Crippen LogP contribution < -0.4 is 10.2 Å². The third kappa shape index (κ3) is 4.73. The van der Waals surface area contributed by atoms with Gasteiger partial charge in [-0.1, -0.05) is 13.8 Å². The minimum absolute atomic E-state index is 0.0507. The maximum Gasteiger partial charge on any atom is 0.274 e. The standard InChI is InChI=1S/C17H26N2O6S/c1-4-19(5-2)26(21,22)15-12-13(9-10-14(15)23-3)17(20)18-25-16-8-6-7-11-24-16/h9-10,12,16H,4-8,11H2,1-3H3,(H,18,20). The number of hydroxylamine groups is 1. The van der Waals surface area contributed by atoms with Crippen LogP contribution in [0.5, 0.6) is 5.75 Å². The van der Waals surface area contributed by atoms with Crippen molar-refractivity contribution in [2.75, 3.05) is 26.8 Å². The summed E-state index contributed by atoms with van der Waals surface area (Å²) in [6.45, 7) is 4.74. The molecule has 1 unspecified atom stereocenters. The number of sulfonamides is 1. The summed E-state index contributed by atoms with van der Waals surface area (Å²) in [6, 6.07) is 4.25. The first-order valence-corrected chi connectivity index (χ1v) is 10.1. The molecule has 0 aromatic heterocycles. The zero-order valence-corrected chi connectivity index (χ0v) is 16.2. The molecule has 0 bridgehead atoms. The number of methoxy groups -OCH3 is 1. The van der Waals surface area contributed by atoms with E-state index in [1.165, 1.54) is 29.6 Å². The first-order valence-electron chi connectivity index (χ1n) is 8.69. The monoisotopic (exact) mass is 386 g/mol. The number of carbonyl (C=O) groups is 1. The molecule has 2 rings (SSSR count). The maximum atomic E-state index is 12.8. The Morgan fingerprint density at radius 2 is 2.04 bits per heavy atom. The molecule has 146 valence electrons. The van der Waals surface area contributed by atoms with E-state index in [9.17, 15) is 13.2 Å². The van der Waals surface area contributed by atoms with E-state index >= 15 is 0 Å². The Labute approximate surface area is 154 Å². The number of benzene rings is 1. The number of hydrogen-bond donors (Lipinski definition) is 1. The van der Waals surface area contributed by atoms with Gasteiger partial charge in [0.1, 0.15) is 10.6 Å². The van der Waals surface area contributed by atoms with Gasteiger partial charge in [0.15, 0.2) is 6.29 Å². The molecule has 1 fully saturated rings. The number of hydrogen-bond acceptors (Lipinski definition) is 6. The van der Waals surface area contributed by atoms with Crippen molar-refractivity contribution >= 4 is 15.9 Å². The van der Waals surface area contributed by atoms with Crippen LogP contribution in [0.1, 0.15) is 43.5 Å². The minimum atomic E-state index is -3.77. The fourth-order valence-corrected chi connectivity index (χ4v) is 4.34. The van der Waals surface area contributed by atoms with Crippen molar-refractivity contribution in [3.05, 3.63) is 23.8 Å². The average Bonchev–Trinajstić information content (AvgIpc) is 2.67. The molecular weight excluding hydrogens is 360 g/mol. The number of rotatable bonds is 8. The van der Waals surface area contributed by atoms with Crippen molar-refractivity contribution in [1.29, 1.82) is 0 Å². The number of amides is 1. The Kier molecular flexibility index (Phi) is 7.39. The molecule has 0 spiro atoms. The van der Waals surface area contributed by atoms with E-state index in [2.05, 4.69) is 5.48 Å². The molecule has 1 N–H and O–H groups in total. The molecule has 9 heteroatoms. The molecular formula is C17H26N2O6S. The average molecular weight is 386 g/mol. The Hall–Kier alpha value is -1.68. The Balaban J connectivity index is 2.21. The molecule has 0 aliphatic carbocycles. The van der Waals surface area contributed by atoms with Gasteiger partial charge >= 0.3 is 0 Å². The predicted octanol–water partition coefficient (Wildman–Crippen LogP) is 1.91. The van der Waals surface area contributed by atoms with Gasteiger partial charge in [-0.15, -0.1) is 0 Å². The smallest absolute Gasteiger partial charge is 0.274 e. The SMILES string of the molecule is CCN(CC)S(=O)(=O)c1cc(C(=O)NOC2CCCCO2)ccc1OC. The van der Waals surface area contributed by atoms with Crippen LogP contribution in [0.15, 0.2) is 23.1 Å². The van der Waals surface area contributed by atoms with Crippen molar-refractivity contribution in [3.8, 4) is 5.75 Å². The highest BCUT2D eigenvalue weighted by Gasteiger charge is 2.27. The first kappa shape index (κ1) is 20.6. The van der Waals surface area contributed by atoms with Gasteiger partial charge in [-0.2, -0.15) is 4.31 Å². The van der Waals surface area contributed by atoms with Crippen LogP contribution in [-0.4, -0.2) is 51.7 Å². The summed E-state index contributed by atoms with van der Waals surface area (Å²) >= 11 is 0. The van der Waals surface area contributed by atoms with Gasteiger partial charge in [0, 0.05) is 31.7 Å². The second-order valence-corrected chi connectivity index (χ2v) is 7.71. The van der Waals surface area contributed by atoms with E-state index in [0.717, 1.165) is 12.8 Å². The number of nitrogens with one attached hydrogen (secondary N) is 1. The van der Waals surface area contributed by atoms with Crippen molar-refractivity contribution in [2.24, 2.45) is 0 Å². The predicted molar refractivity (Wildman–Crippen MR) is 95.2 cm³/mol. The summed E-state index contributed by atoms with van der Waals surface area (Å²) in [6.07, 6.45) is 2.16. The van der Waals surface area contributed by atoms with Gasteiger partial charge in [0.25, 0.3) is 5.91 Å². The highest BCUT2D eigenvalue weighted by molar-refractivity contribution is 7.89. The molecule has 1 aliphatic rings. The van der Waals surface area contributed by atoms with Crippen LogP contribution in [0.4, 0.5) is 0 Å². The molecule has 1 heterocycles. The third-order valence-electron chi connectivity index (χ3n) is 4.17. The molecule has 0 radical (unpaired) electrons. The van der Waals surface area contributed by atoms with Gasteiger partial charge in [-0.25, -0.2) is 18.7 Å². The second-order valence-electron chi connectivity index (χ2n) is 5.80. The lowest BCUT2D eigenvalue weighted by Crippen LogP contribution is -2.33. The van der Waals surface area contributed by atoms with Crippen LogP contribution >= 0.6 is 0 Å². The number of nitrogens with zero attached hydrogens (tertiary/aromatic N) is 1. The molecule has 26 heavy (non-hydrogen) atoms. The van der Waals surface area contributed by atoms with Crippen LogP contribution in [-0.2, 0) is 19.6 Å². The summed E-state index contributed by atoms with van der Waals surface area (Å²) in [5.74, 6) is -0.359. The fourth-order valence-electron chi connectivity index (χ4n) is 2.70. The molecule has 1 aliphatic heterocycles. The topological polar surface area (TPSA) is 94.2 Å². The molecule has 1 amide bonds. The Bertz CT molecular complexity index is 712. The van der Waals surface area contributed by atoms with E-state index in [-0.39, 0.29) is 16.2 Å². The highest BCUT2D eigenvalue weighted by atomic mass is 32.2. The zero-order valence-electron chi connectivity index (χ0n) is 15.4. The summed E-state index contributed by atoms with van der Waals surface area (Å²) in [7, 11) is -2.38. The van der Waals surface area contributed by atoms with Gasteiger partial charge < -0.3 is 9.47 Å². The van der Waals surface area contributed by atoms with Crippen molar-refractivity contribution < 1.29 is 27.5 Å². The van der Waals surface area contributed by atoms with E-state index in [1.807, 2.05) is 0 Å². The normalized spacial score (nSPS) is 17.9. The minimum Gasteiger partial charge on any atom is -0.495 e. The molecule has 1 aromatic rings. The summed E-state index contributed by atoms with van der Waals surface area (Å²) in [5, 5.41) is 0. The Morgan fingerprint density at radius 1 is 1.31 bits per heavy atom. The Morgan fingerprint density at radius 3 is 2.62 bits per heavy atom. The molecule has 0 saturated carbocycles. The van der Waals surface area contributed by atoms with Crippen LogP contribution in [0.25, 0.3) is 0 Å². The molecule has 1 atom stereocenters. The highest BCUT2D eigenvalue weighted by Crippen LogP contribution is 2.28. The van der Waals surface area contributed by atoms with Gasteiger partial charge in [-0.3, -0.25) is 4.79 Å². The van der Waals surface area contributed by atoms with Crippen molar-refractivity contribution in [1.82, 2.24) is 9.79 Å². The quantitative estimate of drug-likeness (QED) is 0.686. The lowest BCUT2D eigenvalue weighted by atomic mass is 10.2. The van der Waals surface area contributed by atoms with Crippen LogP contribution in [0, 0.1) is 0 Å². The molecule has 1 saturated heterocycles. The van der Waals surface area contributed by atoms with E-state index < -0.39 is 22.2 Å². The molecule has 1 aromatic carbocycles. The second kappa shape index (κ2) is 9.31. The first-order chi connectivity index (χ1) is 12.4. The lowest BCUT2D eigenvalue weighted by molar-refractivity contribution is -0.186. The van der Waals surface area contributed by atoms with Gasteiger partial charge in [0.2, 0.25) is 10.0 Å². The van der Waals surface area contributed by atoms with E-state index in [1.54, 1.807) is 13.8 Å². The van der Waals surface area contributed by atoms with Gasteiger partial charge in [0.05, 0.1) is 7.11 Å². The third-order valence-corrected chi connectivity index (χ3v) is 6.24. The largest absolute Gasteiger partial charge is 0.495 e. The summed E-state index contributed by atoms with van der Waals surface area (Å²) in [5.41, 5.74) is 2.49. The van der Waals surface area contributed by atoms with E-state index in [4.69, 9.17) is 14.3 Å². The number of ether oxygens (including phenoxy) is 2. The summed E-state index contributed by atoms with van der Waals surface area (Å²) in [4.78, 5) is 17.5. The number of carbonyl (C=O) groups excluding carboxylic acids is 1. The lowest BCUT2D eigenvalue weighted by Gasteiger charge is -2.22. The summed E-state index contributed by atoms with van der Waals surface area (Å²) < 4.78 is 37.5. The van der Waals surface area contributed by atoms with Gasteiger partial charge in [-0.05, 0) is 31.0 Å². The zero-order chi connectivity index (χ0) is 19.2. The maximum absolute atomic E-state index is 12.8. The fraction of sp³-hybridized carbons (Fsp3) is 0.588. The van der Waals surface area contributed by atoms with Crippen molar-refractivity contribution in [2.45, 2.75) is 44.3 Å². The van der Waals surface area contributed by atoms with E-state index in [0.29, 0.717) is 26.1 Å². The molecule has 8 nitrogen and oxygen atoms in total. The van der Waals surface area contributed by atoms with Crippen molar-refractivity contribution in [3.63, 3.8) is 0 Å². The van der Waals surface area contributed by atoms with Crippen LogP contribution in [0.2, 0.25) is 0 Å². The van der Waals surface area contributed by atoms with Crippen LogP contribution in [0.3, 0.4) is 0 Å².